The summed E-state index contributed by atoms with van der Waals surface area (Å²) in [6.07, 6.45) is 2.76. The number of sulfone groups is 1. The first kappa shape index (κ1) is 15.7. The van der Waals surface area contributed by atoms with E-state index in [1.54, 1.807) is 42.6 Å². The van der Waals surface area contributed by atoms with Gasteiger partial charge in [-0.1, -0.05) is 12.1 Å². The number of aromatic nitrogens is 1. The quantitative estimate of drug-likeness (QED) is 0.899. The largest absolute Gasteiger partial charge is 0.307 e. The van der Waals surface area contributed by atoms with Crippen LogP contribution in [0, 0.1) is 0 Å². The lowest BCUT2D eigenvalue weighted by molar-refractivity contribution is 0.102. The minimum absolute atomic E-state index is 0.0385. The van der Waals surface area contributed by atoms with Crippen molar-refractivity contribution in [2.24, 2.45) is 0 Å². The van der Waals surface area contributed by atoms with Gasteiger partial charge in [-0.15, -0.1) is 0 Å². The van der Waals surface area contributed by atoms with Crippen molar-refractivity contribution < 1.29 is 13.2 Å². The number of benzene rings is 1. The van der Waals surface area contributed by atoms with Gasteiger partial charge in [0.1, 0.15) is 5.82 Å². The van der Waals surface area contributed by atoms with E-state index in [9.17, 15) is 13.2 Å². The van der Waals surface area contributed by atoms with Gasteiger partial charge in [-0.3, -0.25) is 4.79 Å². The van der Waals surface area contributed by atoms with Crippen molar-refractivity contribution in [1.82, 2.24) is 4.98 Å². The number of hydrogen-bond acceptors (Lipinski definition) is 4. The predicted octanol–water partition coefficient (Wildman–Crippen LogP) is 2.64. The van der Waals surface area contributed by atoms with Crippen molar-refractivity contribution in [3.63, 3.8) is 0 Å². The smallest absolute Gasteiger partial charge is 0.256 e. The minimum Gasteiger partial charge on any atom is -0.307 e. The molecule has 1 N–H and O–H groups in total. The molecule has 0 saturated heterocycles. The fourth-order valence-electron chi connectivity index (χ4n) is 1.69. The van der Waals surface area contributed by atoms with Gasteiger partial charge in [-0.25, -0.2) is 13.4 Å². The maximum atomic E-state index is 12.0. The lowest BCUT2D eigenvalue weighted by Gasteiger charge is -2.05. The zero-order valence-corrected chi connectivity index (χ0v) is 13.6. The van der Waals surface area contributed by atoms with E-state index >= 15 is 0 Å². The predicted molar refractivity (Wildman–Crippen MR) is 84.9 cm³/mol. The second-order valence-electron chi connectivity index (χ2n) is 4.58. The Hall–Kier alpha value is -1.73. The van der Waals surface area contributed by atoms with E-state index in [1.165, 1.54) is 6.26 Å². The zero-order chi connectivity index (χ0) is 15.5. The average Bonchev–Trinajstić information content (AvgIpc) is 2.40. The SMILES string of the molecule is CS(=O)(=O)Cc1ccc(C(=O)Nc2ccc(Br)cn2)cc1. The van der Waals surface area contributed by atoms with Crippen LogP contribution in [0.1, 0.15) is 15.9 Å². The van der Waals surface area contributed by atoms with Crippen molar-refractivity contribution in [1.29, 1.82) is 0 Å². The Bertz CT molecular complexity index is 741. The first-order chi connectivity index (χ1) is 9.83. The summed E-state index contributed by atoms with van der Waals surface area (Å²) in [7, 11) is -3.08. The van der Waals surface area contributed by atoms with E-state index in [-0.39, 0.29) is 11.7 Å². The standard InChI is InChI=1S/C14H13BrN2O3S/c1-21(19,20)9-10-2-4-11(5-3-10)14(18)17-13-7-6-12(15)8-16-13/h2-8H,9H2,1H3,(H,16,17,18). The zero-order valence-electron chi connectivity index (χ0n) is 11.2. The Labute approximate surface area is 131 Å². The van der Waals surface area contributed by atoms with E-state index in [0.29, 0.717) is 16.9 Å². The number of carbonyl (C=O) groups excluding carboxylic acids is 1. The number of halogens is 1. The van der Waals surface area contributed by atoms with Crippen LogP contribution in [0.2, 0.25) is 0 Å². The van der Waals surface area contributed by atoms with E-state index < -0.39 is 9.84 Å². The topological polar surface area (TPSA) is 76.1 Å². The molecule has 1 heterocycles. The summed E-state index contributed by atoms with van der Waals surface area (Å²) >= 11 is 3.26. The van der Waals surface area contributed by atoms with Gasteiger partial charge in [-0.2, -0.15) is 0 Å². The number of nitrogens with one attached hydrogen (secondary N) is 1. The second-order valence-corrected chi connectivity index (χ2v) is 7.64. The molecule has 0 aliphatic heterocycles. The molecule has 0 aliphatic rings. The molecule has 0 radical (unpaired) electrons. The Kier molecular flexibility index (Phi) is 4.74. The molecule has 0 unspecified atom stereocenters. The molecular formula is C14H13BrN2O3S. The van der Waals surface area contributed by atoms with Crippen LogP contribution in [-0.4, -0.2) is 25.6 Å². The molecule has 1 aromatic heterocycles. The maximum absolute atomic E-state index is 12.0. The molecule has 21 heavy (non-hydrogen) atoms. The highest BCUT2D eigenvalue weighted by molar-refractivity contribution is 9.10. The van der Waals surface area contributed by atoms with Gasteiger partial charge in [0, 0.05) is 22.5 Å². The number of nitrogens with zero attached hydrogens (tertiary/aromatic N) is 1. The molecular weight excluding hydrogens is 356 g/mol. The monoisotopic (exact) mass is 368 g/mol. The summed E-state index contributed by atoms with van der Waals surface area (Å²) in [6.45, 7) is 0. The van der Waals surface area contributed by atoms with Gasteiger partial charge in [-0.05, 0) is 45.8 Å². The molecule has 0 spiro atoms. The number of pyridine rings is 1. The van der Waals surface area contributed by atoms with Gasteiger partial charge >= 0.3 is 0 Å². The third-order valence-electron chi connectivity index (χ3n) is 2.61. The first-order valence-corrected chi connectivity index (χ1v) is 8.88. The molecule has 0 fully saturated rings. The van der Waals surface area contributed by atoms with Crippen LogP contribution < -0.4 is 5.32 Å². The van der Waals surface area contributed by atoms with Crippen molar-refractivity contribution in [2.45, 2.75) is 5.75 Å². The highest BCUT2D eigenvalue weighted by atomic mass is 79.9. The third-order valence-corrected chi connectivity index (χ3v) is 3.94. The molecule has 1 aromatic carbocycles. The molecule has 0 atom stereocenters. The summed E-state index contributed by atoms with van der Waals surface area (Å²) in [5.41, 5.74) is 1.09. The van der Waals surface area contributed by atoms with Crippen molar-refractivity contribution >= 4 is 37.5 Å². The molecule has 110 valence electrons. The molecule has 0 aliphatic carbocycles. The number of hydrogen-bond donors (Lipinski definition) is 1. The highest BCUT2D eigenvalue weighted by Gasteiger charge is 2.08. The summed E-state index contributed by atoms with van der Waals surface area (Å²) in [6, 6.07) is 9.90. The van der Waals surface area contributed by atoms with Gasteiger partial charge in [0.2, 0.25) is 0 Å². The summed E-state index contributed by atoms with van der Waals surface area (Å²) in [4.78, 5) is 16.1. The number of amides is 1. The molecule has 0 saturated carbocycles. The normalized spacial score (nSPS) is 11.1. The Morgan fingerprint density at radius 2 is 1.86 bits per heavy atom. The summed E-state index contributed by atoms with van der Waals surface area (Å²) < 4.78 is 23.2. The molecule has 1 amide bonds. The van der Waals surface area contributed by atoms with E-state index in [0.717, 1.165) is 4.47 Å². The summed E-state index contributed by atoms with van der Waals surface area (Å²) in [5.74, 6) is 0.113. The average molecular weight is 369 g/mol. The molecule has 5 nitrogen and oxygen atoms in total. The molecule has 2 rings (SSSR count). The maximum Gasteiger partial charge on any atom is 0.256 e. The molecule has 0 bridgehead atoms. The Balaban J connectivity index is 2.08. The van der Waals surface area contributed by atoms with Crippen LogP contribution in [0.25, 0.3) is 0 Å². The first-order valence-electron chi connectivity index (χ1n) is 6.03. The lowest BCUT2D eigenvalue weighted by Crippen LogP contribution is -2.13. The van der Waals surface area contributed by atoms with Crippen molar-refractivity contribution in [2.75, 3.05) is 11.6 Å². The van der Waals surface area contributed by atoms with Crippen LogP contribution in [0.4, 0.5) is 5.82 Å². The number of rotatable bonds is 4. The number of carbonyl (C=O) groups is 1. The van der Waals surface area contributed by atoms with Crippen LogP contribution in [-0.2, 0) is 15.6 Å². The van der Waals surface area contributed by atoms with E-state index in [1.807, 2.05) is 0 Å². The number of anilines is 1. The summed E-state index contributed by atoms with van der Waals surface area (Å²) in [5, 5.41) is 2.66. The molecule has 7 heteroatoms. The Morgan fingerprint density at radius 1 is 1.19 bits per heavy atom. The van der Waals surface area contributed by atoms with Crippen molar-refractivity contribution in [3.8, 4) is 0 Å². The van der Waals surface area contributed by atoms with Gasteiger partial charge in [0.15, 0.2) is 9.84 Å². The molecule has 2 aromatic rings. The fraction of sp³-hybridized carbons (Fsp3) is 0.143. The van der Waals surface area contributed by atoms with Crippen LogP contribution in [0.3, 0.4) is 0 Å². The van der Waals surface area contributed by atoms with Crippen LogP contribution in [0.5, 0.6) is 0 Å². The van der Waals surface area contributed by atoms with Crippen LogP contribution in [0.15, 0.2) is 47.1 Å². The Morgan fingerprint density at radius 3 is 2.38 bits per heavy atom. The van der Waals surface area contributed by atoms with Crippen molar-refractivity contribution in [3.05, 3.63) is 58.2 Å². The fourth-order valence-corrected chi connectivity index (χ4v) is 2.73. The minimum atomic E-state index is -3.08. The van der Waals surface area contributed by atoms with E-state index in [4.69, 9.17) is 0 Å². The highest BCUT2D eigenvalue weighted by Crippen LogP contribution is 2.13. The second kappa shape index (κ2) is 6.36. The van der Waals surface area contributed by atoms with Gasteiger partial charge in [0.05, 0.1) is 5.75 Å². The van der Waals surface area contributed by atoms with Crippen LogP contribution >= 0.6 is 15.9 Å². The van der Waals surface area contributed by atoms with E-state index in [2.05, 4.69) is 26.2 Å². The third kappa shape index (κ3) is 4.95. The van der Waals surface area contributed by atoms with Gasteiger partial charge in [0.25, 0.3) is 5.91 Å². The van der Waals surface area contributed by atoms with Gasteiger partial charge < -0.3 is 5.32 Å². The lowest BCUT2D eigenvalue weighted by atomic mass is 10.1.